The third kappa shape index (κ3) is 5.79. The number of halogens is 5. The van der Waals surface area contributed by atoms with Gasteiger partial charge in [-0.3, -0.25) is 9.59 Å². The molecule has 1 aliphatic heterocycles. The second-order valence-electron chi connectivity index (χ2n) is 8.08. The maximum absolute atomic E-state index is 13.3. The van der Waals surface area contributed by atoms with Crippen LogP contribution in [0, 0.1) is 0 Å². The molecule has 11 heteroatoms. The molecule has 1 aliphatic rings. The Bertz CT molecular complexity index is 1240. The molecule has 5 nitrogen and oxygen atoms in total. The van der Waals surface area contributed by atoms with Gasteiger partial charge in [0.05, 0.1) is 26.2 Å². The van der Waals surface area contributed by atoms with Crippen molar-refractivity contribution in [3.8, 4) is 0 Å². The van der Waals surface area contributed by atoms with Gasteiger partial charge < -0.3 is 10.2 Å². The van der Waals surface area contributed by atoms with Crippen molar-refractivity contribution in [3.63, 3.8) is 0 Å². The van der Waals surface area contributed by atoms with E-state index in [1.807, 2.05) is 0 Å². The molecule has 2 aromatic carbocycles. The fourth-order valence-electron chi connectivity index (χ4n) is 3.95. The van der Waals surface area contributed by atoms with Crippen LogP contribution in [0.2, 0.25) is 10.0 Å². The van der Waals surface area contributed by atoms with Crippen LogP contribution in [0.15, 0.2) is 47.8 Å². The minimum atomic E-state index is -4.60. The first-order chi connectivity index (χ1) is 16.6. The monoisotopic (exact) mass is 541 g/mol. The smallest absolute Gasteiger partial charge is 0.347 e. The molecular formula is C24H20Cl2F3N3O2S. The minimum Gasteiger partial charge on any atom is -0.347 e. The van der Waals surface area contributed by atoms with Crippen molar-refractivity contribution in [3.05, 3.63) is 85.3 Å². The first-order valence-electron chi connectivity index (χ1n) is 10.8. The largest absolute Gasteiger partial charge is 0.417 e. The summed E-state index contributed by atoms with van der Waals surface area (Å²) in [6.45, 7) is 0.819. The van der Waals surface area contributed by atoms with Gasteiger partial charge in [0.2, 0.25) is 0 Å². The lowest BCUT2D eigenvalue weighted by Gasteiger charge is -2.31. The van der Waals surface area contributed by atoms with Crippen LogP contribution in [0.4, 0.5) is 13.2 Å². The van der Waals surface area contributed by atoms with Gasteiger partial charge >= 0.3 is 6.18 Å². The van der Waals surface area contributed by atoms with Crippen molar-refractivity contribution in [1.82, 2.24) is 15.2 Å². The first kappa shape index (κ1) is 25.5. The number of hydrogen-bond donors (Lipinski definition) is 1. The summed E-state index contributed by atoms with van der Waals surface area (Å²) in [5, 5.41) is 5.99. The van der Waals surface area contributed by atoms with Crippen LogP contribution in [0.3, 0.4) is 0 Å². The number of piperidine rings is 1. The Morgan fingerprint density at radius 3 is 2.51 bits per heavy atom. The zero-order chi connectivity index (χ0) is 25.2. The van der Waals surface area contributed by atoms with Gasteiger partial charge in [-0.2, -0.15) is 13.2 Å². The summed E-state index contributed by atoms with van der Waals surface area (Å²) >= 11 is 13.5. The van der Waals surface area contributed by atoms with E-state index in [0.29, 0.717) is 41.5 Å². The Morgan fingerprint density at radius 2 is 1.80 bits per heavy atom. The maximum Gasteiger partial charge on any atom is 0.417 e. The SMILES string of the molecule is O=C(NCc1cccc(Cl)c1Cl)c1csc(C2CCN(C(=O)c3ccccc3C(F)(F)F)CC2)n1. The van der Waals surface area contributed by atoms with Gasteiger partial charge in [0, 0.05) is 30.9 Å². The molecule has 1 N–H and O–H groups in total. The molecule has 0 aliphatic carbocycles. The summed E-state index contributed by atoms with van der Waals surface area (Å²) in [6.07, 6.45) is -3.50. The van der Waals surface area contributed by atoms with E-state index in [1.165, 1.54) is 34.4 Å². The van der Waals surface area contributed by atoms with Crippen LogP contribution in [-0.4, -0.2) is 34.8 Å². The van der Waals surface area contributed by atoms with Gasteiger partial charge in [-0.05, 0) is 36.6 Å². The molecule has 0 bridgehead atoms. The molecule has 1 fully saturated rings. The van der Waals surface area contributed by atoms with E-state index >= 15 is 0 Å². The van der Waals surface area contributed by atoms with Crippen molar-refractivity contribution in [2.75, 3.05) is 13.1 Å². The van der Waals surface area contributed by atoms with E-state index in [4.69, 9.17) is 23.2 Å². The Hall–Kier alpha value is -2.62. The molecule has 184 valence electrons. The second kappa shape index (κ2) is 10.6. The lowest BCUT2D eigenvalue weighted by Crippen LogP contribution is -2.38. The van der Waals surface area contributed by atoms with Gasteiger partial charge in [0.1, 0.15) is 5.69 Å². The molecular weight excluding hydrogens is 522 g/mol. The maximum atomic E-state index is 13.3. The molecule has 1 aromatic heterocycles. The van der Waals surface area contributed by atoms with E-state index in [-0.39, 0.29) is 29.6 Å². The molecule has 0 atom stereocenters. The zero-order valence-electron chi connectivity index (χ0n) is 18.2. The standard InChI is InChI=1S/C24H20Cl2F3N3O2S/c25-18-7-3-4-15(20(18)26)12-30-21(33)19-13-35-22(31-19)14-8-10-32(11-9-14)23(34)16-5-1-2-6-17(16)24(27,28)29/h1-7,13-14H,8-12H2,(H,30,33). The lowest BCUT2D eigenvalue weighted by molar-refractivity contribution is -0.138. The second-order valence-corrected chi connectivity index (χ2v) is 9.75. The number of benzene rings is 2. The van der Waals surface area contributed by atoms with Crippen LogP contribution < -0.4 is 5.32 Å². The number of carbonyl (C=O) groups excluding carboxylic acids is 2. The number of hydrogen-bond acceptors (Lipinski definition) is 4. The summed E-state index contributed by atoms with van der Waals surface area (Å²) in [5.74, 6) is -0.957. The molecule has 0 saturated carbocycles. The van der Waals surface area contributed by atoms with Gasteiger partial charge in [-0.15, -0.1) is 11.3 Å². The third-order valence-electron chi connectivity index (χ3n) is 5.82. The number of carbonyl (C=O) groups is 2. The first-order valence-corrected chi connectivity index (χ1v) is 12.4. The molecule has 4 rings (SSSR count). The molecule has 0 radical (unpaired) electrons. The average Bonchev–Trinajstić information content (AvgIpc) is 3.34. The highest BCUT2D eigenvalue weighted by Crippen LogP contribution is 2.34. The molecule has 1 saturated heterocycles. The summed E-state index contributed by atoms with van der Waals surface area (Å²) in [5.41, 5.74) is -0.305. The number of thiazole rings is 1. The Morgan fingerprint density at radius 1 is 1.09 bits per heavy atom. The average molecular weight is 542 g/mol. The summed E-state index contributed by atoms with van der Waals surface area (Å²) in [6, 6.07) is 10.00. The van der Waals surface area contributed by atoms with Gasteiger partial charge in [-0.25, -0.2) is 4.98 Å². The van der Waals surface area contributed by atoms with Gasteiger partial charge in [-0.1, -0.05) is 47.5 Å². The van der Waals surface area contributed by atoms with E-state index in [0.717, 1.165) is 11.1 Å². The fourth-order valence-corrected chi connectivity index (χ4v) is 5.31. The normalized spacial score (nSPS) is 14.7. The number of rotatable bonds is 5. The molecule has 3 aromatic rings. The zero-order valence-corrected chi connectivity index (χ0v) is 20.6. The Balaban J connectivity index is 1.35. The van der Waals surface area contributed by atoms with Crippen LogP contribution in [-0.2, 0) is 12.7 Å². The Kier molecular flexibility index (Phi) is 7.68. The van der Waals surface area contributed by atoms with Gasteiger partial charge in [0.25, 0.3) is 11.8 Å². The predicted octanol–water partition coefficient (Wildman–Crippen LogP) is 6.42. The number of likely N-dealkylation sites (tertiary alicyclic amines) is 1. The topological polar surface area (TPSA) is 62.3 Å². The third-order valence-corrected chi connectivity index (χ3v) is 7.69. The van der Waals surface area contributed by atoms with Crippen molar-refractivity contribution in [2.45, 2.75) is 31.5 Å². The number of nitrogens with one attached hydrogen (secondary N) is 1. The van der Waals surface area contributed by atoms with Gasteiger partial charge in [0.15, 0.2) is 0 Å². The minimum absolute atomic E-state index is 0.0193. The van der Waals surface area contributed by atoms with Crippen LogP contribution in [0.1, 0.15) is 55.7 Å². The van der Waals surface area contributed by atoms with Crippen molar-refractivity contribution < 1.29 is 22.8 Å². The molecule has 0 spiro atoms. The predicted molar refractivity (Wildman–Crippen MR) is 129 cm³/mol. The quantitative estimate of drug-likeness (QED) is 0.405. The highest BCUT2D eigenvalue weighted by atomic mass is 35.5. The van der Waals surface area contributed by atoms with E-state index in [9.17, 15) is 22.8 Å². The molecule has 35 heavy (non-hydrogen) atoms. The van der Waals surface area contributed by atoms with Crippen molar-refractivity contribution >= 4 is 46.4 Å². The van der Waals surface area contributed by atoms with Crippen LogP contribution >= 0.6 is 34.5 Å². The molecule has 0 unspecified atom stereocenters. The number of amides is 2. The molecule has 2 amide bonds. The van der Waals surface area contributed by atoms with E-state index in [1.54, 1.807) is 23.6 Å². The van der Waals surface area contributed by atoms with Crippen molar-refractivity contribution in [1.29, 1.82) is 0 Å². The van der Waals surface area contributed by atoms with E-state index in [2.05, 4.69) is 10.3 Å². The van der Waals surface area contributed by atoms with E-state index < -0.39 is 17.6 Å². The number of nitrogens with zero attached hydrogens (tertiary/aromatic N) is 2. The van der Waals surface area contributed by atoms with Crippen molar-refractivity contribution in [2.24, 2.45) is 0 Å². The van der Waals surface area contributed by atoms with Crippen LogP contribution in [0.5, 0.6) is 0 Å². The molecule has 2 heterocycles. The highest BCUT2D eigenvalue weighted by molar-refractivity contribution is 7.09. The van der Waals surface area contributed by atoms with Crippen LogP contribution in [0.25, 0.3) is 0 Å². The fraction of sp³-hybridized carbons (Fsp3) is 0.292. The summed E-state index contributed by atoms with van der Waals surface area (Å²) in [4.78, 5) is 31.2. The Labute approximate surface area is 213 Å². The number of alkyl halides is 3. The lowest BCUT2D eigenvalue weighted by atomic mass is 9.96. The summed E-state index contributed by atoms with van der Waals surface area (Å²) < 4.78 is 39.9. The number of aromatic nitrogens is 1. The highest BCUT2D eigenvalue weighted by Gasteiger charge is 2.36. The summed E-state index contributed by atoms with van der Waals surface area (Å²) in [7, 11) is 0.